The van der Waals surface area contributed by atoms with Crippen LogP contribution < -0.4 is 0 Å². The van der Waals surface area contributed by atoms with E-state index in [0.717, 1.165) is 23.8 Å². The van der Waals surface area contributed by atoms with Gasteiger partial charge in [-0.1, -0.05) is 40.5 Å². The van der Waals surface area contributed by atoms with Crippen molar-refractivity contribution >= 4 is 0 Å². The molecule has 0 spiro atoms. The lowest BCUT2D eigenvalue weighted by molar-refractivity contribution is 0.147. The maximum absolute atomic E-state index is 2.60. The molecule has 0 atom stereocenters. The molecule has 1 heteroatoms. The molecule has 17 heavy (non-hydrogen) atoms. The average molecular weight is 239 g/mol. The molecule has 0 amide bonds. The zero-order chi connectivity index (χ0) is 12.8. The largest absolute Gasteiger partial charge is 0.303 e. The molecular weight excluding hydrogens is 206 g/mol. The van der Waals surface area contributed by atoms with Crippen LogP contribution in [0.1, 0.15) is 66.2 Å². The first-order chi connectivity index (χ1) is 7.99. The number of hydrogen-bond donors (Lipinski definition) is 0. The summed E-state index contributed by atoms with van der Waals surface area (Å²) in [6, 6.07) is 0.868. The van der Waals surface area contributed by atoms with Gasteiger partial charge in [-0.05, 0) is 50.5 Å². The molecule has 0 aromatic rings. The van der Waals surface area contributed by atoms with E-state index in [-0.39, 0.29) is 0 Å². The lowest BCUT2D eigenvalue weighted by Crippen LogP contribution is -2.37. The minimum atomic E-state index is 0.804. The van der Waals surface area contributed by atoms with Crippen molar-refractivity contribution in [3.63, 3.8) is 0 Å². The van der Waals surface area contributed by atoms with Crippen molar-refractivity contribution in [2.45, 2.75) is 72.3 Å². The van der Waals surface area contributed by atoms with Crippen molar-refractivity contribution in [2.75, 3.05) is 13.6 Å². The first kappa shape index (κ1) is 15.0. The topological polar surface area (TPSA) is 3.24 Å². The van der Waals surface area contributed by atoms with Gasteiger partial charge in [0.25, 0.3) is 0 Å². The quantitative estimate of drug-likeness (QED) is 0.656. The van der Waals surface area contributed by atoms with Crippen LogP contribution in [-0.2, 0) is 0 Å². The van der Waals surface area contributed by atoms with Crippen LogP contribution in [0, 0.1) is 17.8 Å². The Hall–Kier alpha value is -0.0400. The maximum Gasteiger partial charge on any atom is 0.00925 e. The standard InChI is InChI=1S/C16H33N/c1-13(2)6-7-15-8-10-16(11-9-15)17(5)12-14(3)4/h13-16H,6-12H2,1-5H3. The van der Waals surface area contributed by atoms with Crippen molar-refractivity contribution in [1.82, 2.24) is 4.90 Å². The number of hydrogen-bond acceptors (Lipinski definition) is 1. The van der Waals surface area contributed by atoms with Crippen LogP contribution in [0.4, 0.5) is 0 Å². The molecular formula is C16H33N. The van der Waals surface area contributed by atoms with Gasteiger partial charge in [-0.15, -0.1) is 0 Å². The normalized spacial score (nSPS) is 26.1. The zero-order valence-corrected chi connectivity index (χ0v) is 12.7. The molecule has 0 aliphatic heterocycles. The average Bonchev–Trinajstić information content (AvgIpc) is 2.26. The minimum Gasteiger partial charge on any atom is -0.303 e. The van der Waals surface area contributed by atoms with Crippen molar-refractivity contribution < 1.29 is 0 Å². The Labute approximate surface area is 109 Å². The zero-order valence-electron chi connectivity index (χ0n) is 12.7. The van der Waals surface area contributed by atoms with E-state index in [9.17, 15) is 0 Å². The molecule has 0 heterocycles. The van der Waals surface area contributed by atoms with Gasteiger partial charge in [0.1, 0.15) is 0 Å². The third kappa shape index (κ3) is 5.90. The van der Waals surface area contributed by atoms with Gasteiger partial charge in [0.05, 0.1) is 0 Å². The van der Waals surface area contributed by atoms with Crippen molar-refractivity contribution in [3.8, 4) is 0 Å². The first-order valence-corrected chi connectivity index (χ1v) is 7.69. The molecule has 102 valence electrons. The summed E-state index contributed by atoms with van der Waals surface area (Å²) in [7, 11) is 2.32. The Morgan fingerprint density at radius 2 is 1.53 bits per heavy atom. The Kier molecular flexibility index (Phi) is 6.54. The summed E-state index contributed by atoms with van der Waals surface area (Å²) in [5.74, 6) is 2.72. The smallest absolute Gasteiger partial charge is 0.00925 e. The summed E-state index contributed by atoms with van der Waals surface area (Å²) in [4.78, 5) is 2.60. The van der Waals surface area contributed by atoms with Crippen LogP contribution in [0.3, 0.4) is 0 Å². The highest BCUT2D eigenvalue weighted by Crippen LogP contribution is 2.31. The van der Waals surface area contributed by atoms with Crippen LogP contribution in [0.5, 0.6) is 0 Å². The second-order valence-corrected chi connectivity index (χ2v) is 6.98. The fourth-order valence-electron chi connectivity index (χ4n) is 3.17. The Bertz CT molecular complexity index is 190. The molecule has 1 saturated carbocycles. The summed E-state index contributed by atoms with van der Waals surface area (Å²) in [6.45, 7) is 10.6. The van der Waals surface area contributed by atoms with E-state index in [1.807, 2.05) is 0 Å². The third-order valence-corrected chi connectivity index (χ3v) is 4.25. The van der Waals surface area contributed by atoms with Gasteiger partial charge in [-0.3, -0.25) is 0 Å². The van der Waals surface area contributed by atoms with E-state index in [4.69, 9.17) is 0 Å². The highest BCUT2D eigenvalue weighted by Gasteiger charge is 2.23. The van der Waals surface area contributed by atoms with Crippen molar-refractivity contribution in [3.05, 3.63) is 0 Å². The molecule has 0 saturated heterocycles. The third-order valence-electron chi connectivity index (χ3n) is 4.25. The van der Waals surface area contributed by atoms with E-state index in [2.05, 4.69) is 39.6 Å². The minimum absolute atomic E-state index is 0.804. The van der Waals surface area contributed by atoms with E-state index in [0.29, 0.717) is 0 Å². The highest BCUT2D eigenvalue weighted by molar-refractivity contribution is 4.78. The molecule has 0 aromatic carbocycles. The van der Waals surface area contributed by atoms with Crippen LogP contribution in [0.15, 0.2) is 0 Å². The summed E-state index contributed by atoms with van der Waals surface area (Å²) < 4.78 is 0. The second-order valence-electron chi connectivity index (χ2n) is 6.98. The molecule has 0 radical (unpaired) electrons. The van der Waals surface area contributed by atoms with Crippen LogP contribution in [0.25, 0.3) is 0 Å². The summed E-state index contributed by atoms with van der Waals surface area (Å²) >= 11 is 0. The van der Waals surface area contributed by atoms with Gasteiger partial charge in [0, 0.05) is 12.6 Å². The van der Waals surface area contributed by atoms with E-state index in [1.54, 1.807) is 0 Å². The van der Waals surface area contributed by atoms with Gasteiger partial charge in [0.15, 0.2) is 0 Å². The Morgan fingerprint density at radius 1 is 0.941 bits per heavy atom. The fourth-order valence-corrected chi connectivity index (χ4v) is 3.17. The predicted molar refractivity (Wildman–Crippen MR) is 77.3 cm³/mol. The SMILES string of the molecule is CC(C)CCC1CCC(N(C)CC(C)C)CC1. The number of rotatable bonds is 6. The predicted octanol–water partition coefficient (Wildman–Crippen LogP) is 4.57. The second kappa shape index (κ2) is 7.41. The van der Waals surface area contributed by atoms with Gasteiger partial charge in [-0.2, -0.15) is 0 Å². The monoisotopic (exact) mass is 239 g/mol. The molecule has 1 aliphatic rings. The summed E-state index contributed by atoms with van der Waals surface area (Å²) in [5, 5.41) is 0. The Morgan fingerprint density at radius 3 is 2.00 bits per heavy atom. The van der Waals surface area contributed by atoms with Crippen molar-refractivity contribution in [2.24, 2.45) is 17.8 Å². The van der Waals surface area contributed by atoms with Crippen molar-refractivity contribution in [1.29, 1.82) is 0 Å². The van der Waals surface area contributed by atoms with E-state index in [1.165, 1.54) is 45.1 Å². The summed E-state index contributed by atoms with van der Waals surface area (Å²) in [6.07, 6.45) is 8.72. The highest BCUT2D eigenvalue weighted by atomic mass is 15.1. The van der Waals surface area contributed by atoms with Gasteiger partial charge in [0.2, 0.25) is 0 Å². The molecule has 1 rings (SSSR count). The lowest BCUT2D eigenvalue weighted by Gasteiger charge is -2.35. The lowest BCUT2D eigenvalue weighted by atomic mass is 9.82. The van der Waals surface area contributed by atoms with E-state index >= 15 is 0 Å². The molecule has 0 bridgehead atoms. The first-order valence-electron chi connectivity index (χ1n) is 7.69. The number of nitrogens with zero attached hydrogens (tertiary/aromatic N) is 1. The Balaban J connectivity index is 2.21. The molecule has 1 fully saturated rings. The molecule has 0 aromatic heterocycles. The van der Waals surface area contributed by atoms with Crippen LogP contribution in [0.2, 0.25) is 0 Å². The molecule has 0 N–H and O–H groups in total. The van der Waals surface area contributed by atoms with Gasteiger partial charge < -0.3 is 4.90 Å². The maximum atomic E-state index is 2.60. The van der Waals surface area contributed by atoms with Crippen LogP contribution in [-0.4, -0.2) is 24.5 Å². The van der Waals surface area contributed by atoms with Gasteiger partial charge in [-0.25, -0.2) is 0 Å². The molecule has 1 aliphatic carbocycles. The van der Waals surface area contributed by atoms with Crippen LogP contribution >= 0.6 is 0 Å². The van der Waals surface area contributed by atoms with E-state index < -0.39 is 0 Å². The summed E-state index contributed by atoms with van der Waals surface area (Å²) in [5.41, 5.74) is 0. The van der Waals surface area contributed by atoms with Gasteiger partial charge >= 0.3 is 0 Å². The molecule has 1 nitrogen and oxygen atoms in total. The fraction of sp³-hybridized carbons (Fsp3) is 1.00. The molecule has 0 unspecified atom stereocenters.